The van der Waals surface area contributed by atoms with E-state index < -0.39 is 0 Å². The number of hydrogen-bond acceptors (Lipinski definition) is 2. The molecule has 0 bridgehead atoms. The zero-order valence-corrected chi connectivity index (χ0v) is 12.8. The fourth-order valence-electron chi connectivity index (χ4n) is 2.31. The normalized spacial score (nSPS) is 12.6. The van der Waals surface area contributed by atoms with Crippen molar-refractivity contribution in [1.82, 2.24) is 5.32 Å². The number of furan rings is 1. The minimum atomic E-state index is 0.455. The average Bonchev–Trinajstić information content (AvgIpc) is 2.93. The maximum Gasteiger partial charge on any atom is 0.134 e. The molecule has 108 valence electrons. The number of nitrogens with one attached hydrogen (secondary N) is 1. The van der Waals surface area contributed by atoms with Crippen LogP contribution in [0.3, 0.4) is 0 Å². The Kier molecular flexibility index (Phi) is 5.42. The molecule has 2 nitrogen and oxygen atoms in total. The van der Waals surface area contributed by atoms with Gasteiger partial charge in [0.05, 0.1) is 0 Å². The summed E-state index contributed by atoms with van der Waals surface area (Å²) in [5.74, 6) is 2.01. The van der Waals surface area contributed by atoms with Gasteiger partial charge >= 0.3 is 0 Å². The van der Waals surface area contributed by atoms with Crippen LogP contribution in [0, 0.1) is 0 Å². The maximum absolute atomic E-state index is 5.95. The summed E-state index contributed by atoms with van der Waals surface area (Å²) < 4.78 is 5.95. The van der Waals surface area contributed by atoms with Crippen molar-refractivity contribution >= 4 is 0 Å². The quantitative estimate of drug-likeness (QED) is 0.805. The fraction of sp³-hybridized carbons (Fsp3) is 0.444. The highest BCUT2D eigenvalue weighted by Crippen LogP contribution is 2.23. The smallest absolute Gasteiger partial charge is 0.134 e. The Hall–Kier alpha value is -1.54. The molecule has 0 radical (unpaired) electrons. The van der Waals surface area contributed by atoms with Crippen LogP contribution in [-0.4, -0.2) is 12.6 Å². The van der Waals surface area contributed by atoms with Crippen LogP contribution >= 0.6 is 0 Å². The van der Waals surface area contributed by atoms with Crippen LogP contribution in [0.15, 0.2) is 40.8 Å². The van der Waals surface area contributed by atoms with Gasteiger partial charge in [-0.15, -0.1) is 0 Å². The molecule has 0 aliphatic heterocycles. The summed E-state index contributed by atoms with van der Waals surface area (Å²) in [6.07, 6.45) is 3.18. The van der Waals surface area contributed by atoms with E-state index in [1.165, 1.54) is 5.56 Å². The van der Waals surface area contributed by atoms with Crippen LogP contribution in [0.2, 0.25) is 0 Å². The third kappa shape index (κ3) is 3.97. The Balaban J connectivity index is 2.00. The summed E-state index contributed by atoms with van der Waals surface area (Å²) in [4.78, 5) is 0. The molecule has 1 aromatic carbocycles. The van der Waals surface area contributed by atoms with Gasteiger partial charge in [0.1, 0.15) is 11.5 Å². The lowest BCUT2D eigenvalue weighted by atomic mass is 10.1. The second-order valence-corrected chi connectivity index (χ2v) is 5.38. The standard InChI is InChI=1S/C18H25NO/c1-4-12-19-14(3)13-17-10-11-18(20-17)16-8-6-15(5-2)7-9-16/h6-11,14,19H,4-5,12-13H2,1-3H3. The molecule has 0 aliphatic rings. The van der Waals surface area contributed by atoms with Crippen molar-refractivity contribution < 1.29 is 4.42 Å². The van der Waals surface area contributed by atoms with E-state index in [1.807, 2.05) is 0 Å². The number of aryl methyl sites for hydroxylation is 1. The van der Waals surface area contributed by atoms with Crippen molar-refractivity contribution in [2.24, 2.45) is 0 Å². The zero-order chi connectivity index (χ0) is 14.4. The van der Waals surface area contributed by atoms with E-state index in [0.717, 1.165) is 42.9 Å². The van der Waals surface area contributed by atoms with Crippen LogP contribution in [0.1, 0.15) is 38.5 Å². The molecule has 20 heavy (non-hydrogen) atoms. The Labute approximate surface area is 122 Å². The zero-order valence-electron chi connectivity index (χ0n) is 12.8. The first kappa shape index (κ1) is 14.9. The van der Waals surface area contributed by atoms with E-state index in [9.17, 15) is 0 Å². The average molecular weight is 271 g/mol. The largest absolute Gasteiger partial charge is 0.461 e. The van der Waals surface area contributed by atoms with Crippen molar-refractivity contribution in [2.45, 2.75) is 46.1 Å². The molecule has 0 amide bonds. The minimum absolute atomic E-state index is 0.455. The molecule has 1 aromatic heterocycles. The summed E-state index contributed by atoms with van der Waals surface area (Å²) in [5, 5.41) is 3.48. The SMILES string of the molecule is CCCNC(C)Cc1ccc(-c2ccc(CC)cc2)o1. The lowest BCUT2D eigenvalue weighted by Crippen LogP contribution is -2.28. The van der Waals surface area contributed by atoms with E-state index in [2.05, 4.69) is 62.5 Å². The maximum atomic E-state index is 5.95. The molecule has 2 heteroatoms. The van der Waals surface area contributed by atoms with Crippen LogP contribution in [0.4, 0.5) is 0 Å². The van der Waals surface area contributed by atoms with Gasteiger partial charge in [-0.1, -0.05) is 38.1 Å². The minimum Gasteiger partial charge on any atom is -0.461 e. The molecular weight excluding hydrogens is 246 g/mol. The summed E-state index contributed by atoms with van der Waals surface area (Å²) >= 11 is 0. The van der Waals surface area contributed by atoms with Gasteiger partial charge in [-0.2, -0.15) is 0 Å². The first-order chi connectivity index (χ1) is 9.72. The molecule has 1 unspecified atom stereocenters. The molecule has 0 saturated carbocycles. The molecule has 1 heterocycles. The first-order valence-electron chi connectivity index (χ1n) is 7.64. The van der Waals surface area contributed by atoms with Crippen molar-refractivity contribution in [3.05, 3.63) is 47.7 Å². The molecule has 0 aliphatic carbocycles. The summed E-state index contributed by atoms with van der Waals surface area (Å²) in [5.41, 5.74) is 2.51. The molecule has 2 rings (SSSR count). The Bertz CT molecular complexity index is 512. The van der Waals surface area contributed by atoms with E-state index in [-0.39, 0.29) is 0 Å². The summed E-state index contributed by atoms with van der Waals surface area (Å²) in [7, 11) is 0. The molecule has 0 saturated heterocycles. The van der Waals surface area contributed by atoms with Crippen molar-refractivity contribution in [3.63, 3.8) is 0 Å². The third-order valence-electron chi connectivity index (χ3n) is 3.56. The van der Waals surface area contributed by atoms with E-state index >= 15 is 0 Å². The fourth-order valence-corrected chi connectivity index (χ4v) is 2.31. The highest BCUT2D eigenvalue weighted by Gasteiger charge is 2.08. The van der Waals surface area contributed by atoms with Crippen LogP contribution < -0.4 is 5.32 Å². The predicted octanol–water partition coefficient (Wildman–Crippen LogP) is 4.44. The van der Waals surface area contributed by atoms with Gasteiger partial charge in [-0.05, 0) is 44.0 Å². The molecule has 1 N–H and O–H groups in total. The molecule has 0 spiro atoms. The molecule has 2 aromatic rings. The van der Waals surface area contributed by atoms with E-state index in [1.54, 1.807) is 0 Å². The van der Waals surface area contributed by atoms with E-state index in [0.29, 0.717) is 6.04 Å². The monoisotopic (exact) mass is 271 g/mol. The van der Waals surface area contributed by atoms with Gasteiger partial charge in [0, 0.05) is 18.0 Å². The Morgan fingerprint density at radius 2 is 1.80 bits per heavy atom. The number of benzene rings is 1. The molecule has 1 atom stereocenters. The van der Waals surface area contributed by atoms with Crippen LogP contribution in [0.5, 0.6) is 0 Å². The lowest BCUT2D eigenvalue weighted by molar-refractivity contribution is 0.464. The predicted molar refractivity (Wildman–Crippen MR) is 85.0 cm³/mol. The van der Waals surface area contributed by atoms with Gasteiger partial charge in [0.25, 0.3) is 0 Å². The summed E-state index contributed by atoms with van der Waals surface area (Å²) in [6, 6.07) is 13.2. The van der Waals surface area contributed by atoms with Crippen molar-refractivity contribution in [3.8, 4) is 11.3 Å². The number of rotatable bonds is 7. The topological polar surface area (TPSA) is 25.2 Å². The van der Waals surface area contributed by atoms with Crippen molar-refractivity contribution in [2.75, 3.05) is 6.54 Å². The van der Waals surface area contributed by atoms with Gasteiger partial charge in [-0.3, -0.25) is 0 Å². The van der Waals surface area contributed by atoms with Crippen LogP contribution in [-0.2, 0) is 12.8 Å². The van der Waals surface area contributed by atoms with Gasteiger partial charge in [0.2, 0.25) is 0 Å². The Morgan fingerprint density at radius 3 is 2.45 bits per heavy atom. The second-order valence-electron chi connectivity index (χ2n) is 5.38. The summed E-state index contributed by atoms with van der Waals surface area (Å²) in [6.45, 7) is 7.62. The first-order valence-corrected chi connectivity index (χ1v) is 7.64. The van der Waals surface area contributed by atoms with Crippen molar-refractivity contribution in [1.29, 1.82) is 0 Å². The number of hydrogen-bond donors (Lipinski definition) is 1. The second kappa shape index (κ2) is 7.30. The molecule has 0 fully saturated rings. The van der Waals surface area contributed by atoms with Gasteiger partial charge in [0.15, 0.2) is 0 Å². The molecular formula is C18H25NO. The lowest BCUT2D eigenvalue weighted by Gasteiger charge is -2.10. The third-order valence-corrected chi connectivity index (χ3v) is 3.56. The van der Waals surface area contributed by atoms with Gasteiger partial charge in [-0.25, -0.2) is 0 Å². The highest BCUT2D eigenvalue weighted by atomic mass is 16.3. The van der Waals surface area contributed by atoms with Gasteiger partial charge < -0.3 is 9.73 Å². The Morgan fingerprint density at radius 1 is 1.05 bits per heavy atom. The van der Waals surface area contributed by atoms with Crippen LogP contribution in [0.25, 0.3) is 11.3 Å². The highest BCUT2D eigenvalue weighted by molar-refractivity contribution is 5.57. The van der Waals surface area contributed by atoms with E-state index in [4.69, 9.17) is 4.42 Å².